The molecule has 0 saturated heterocycles. The predicted octanol–water partition coefficient (Wildman–Crippen LogP) is 13.8. The van der Waals surface area contributed by atoms with Gasteiger partial charge in [0.25, 0.3) is 0 Å². The minimum Gasteiger partial charge on any atom is -0.228 e. The van der Waals surface area contributed by atoms with Crippen molar-refractivity contribution in [3.63, 3.8) is 0 Å². The van der Waals surface area contributed by atoms with E-state index in [1.54, 1.807) is 0 Å². The highest BCUT2D eigenvalue weighted by atomic mass is 14.9. The standard InChI is InChI=1S/C54H36N4/c1-5-19-38(20-6-1)49-35-50(39-21-7-2-8-22-39)56-53(55-49)42-32-33-46(48(34-42)44-31-17-27-37-18-13-14-28-43(37)44)45-29-15-16-30-47(45)54-57-51(40-23-9-3-10-24-40)36-52(58-54)41-25-11-4-12-26-41/h1-36H. The van der Waals surface area contributed by atoms with E-state index in [2.05, 4.69) is 146 Å². The smallest absolute Gasteiger partial charge is 0.161 e. The van der Waals surface area contributed by atoms with Gasteiger partial charge in [-0.25, -0.2) is 19.9 Å². The second kappa shape index (κ2) is 15.4. The topological polar surface area (TPSA) is 51.6 Å². The maximum atomic E-state index is 5.25. The molecule has 0 aliphatic heterocycles. The molecule has 0 saturated carbocycles. The van der Waals surface area contributed by atoms with Crippen LogP contribution in [0.1, 0.15) is 0 Å². The molecule has 0 amide bonds. The van der Waals surface area contributed by atoms with E-state index in [1.165, 1.54) is 10.8 Å². The van der Waals surface area contributed by atoms with Gasteiger partial charge in [0, 0.05) is 33.4 Å². The summed E-state index contributed by atoms with van der Waals surface area (Å²) in [5.74, 6) is 1.32. The van der Waals surface area contributed by atoms with Crippen LogP contribution in [-0.4, -0.2) is 19.9 Å². The van der Waals surface area contributed by atoms with Gasteiger partial charge in [-0.15, -0.1) is 0 Å². The van der Waals surface area contributed by atoms with Crippen molar-refractivity contribution >= 4 is 10.8 Å². The summed E-state index contributed by atoms with van der Waals surface area (Å²) in [5.41, 5.74) is 13.8. The Bertz CT molecular complexity index is 2920. The summed E-state index contributed by atoms with van der Waals surface area (Å²) in [5, 5.41) is 2.34. The molecule has 272 valence electrons. The molecule has 0 N–H and O–H groups in total. The molecule has 0 fully saturated rings. The van der Waals surface area contributed by atoms with E-state index >= 15 is 0 Å². The lowest BCUT2D eigenvalue weighted by Gasteiger charge is -2.18. The first-order chi connectivity index (χ1) is 28.7. The predicted molar refractivity (Wildman–Crippen MR) is 239 cm³/mol. The Labute approximate surface area is 337 Å². The van der Waals surface area contributed by atoms with E-state index < -0.39 is 0 Å². The molecular formula is C54H36N4. The molecule has 8 aromatic carbocycles. The van der Waals surface area contributed by atoms with E-state index in [1.807, 2.05) is 72.8 Å². The third-order valence-corrected chi connectivity index (χ3v) is 10.5. The van der Waals surface area contributed by atoms with Crippen molar-refractivity contribution in [1.82, 2.24) is 19.9 Å². The lowest BCUT2D eigenvalue weighted by atomic mass is 9.88. The zero-order chi connectivity index (χ0) is 38.7. The van der Waals surface area contributed by atoms with Gasteiger partial charge < -0.3 is 0 Å². The average molecular weight is 741 g/mol. The monoisotopic (exact) mass is 740 g/mol. The van der Waals surface area contributed by atoms with Crippen LogP contribution in [0.15, 0.2) is 218 Å². The Hall–Kier alpha value is -7.82. The van der Waals surface area contributed by atoms with E-state index in [0.717, 1.165) is 78.4 Å². The van der Waals surface area contributed by atoms with Crippen LogP contribution in [-0.2, 0) is 0 Å². The highest BCUT2D eigenvalue weighted by Gasteiger charge is 2.20. The second-order valence-corrected chi connectivity index (χ2v) is 14.2. The molecule has 0 aliphatic rings. The van der Waals surface area contributed by atoms with Crippen molar-refractivity contribution < 1.29 is 0 Å². The van der Waals surface area contributed by atoms with Crippen LogP contribution in [0.3, 0.4) is 0 Å². The highest BCUT2D eigenvalue weighted by molar-refractivity contribution is 6.02. The molecule has 4 heteroatoms. The van der Waals surface area contributed by atoms with Gasteiger partial charge >= 0.3 is 0 Å². The van der Waals surface area contributed by atoms with Crippen LogP contribution in [0, 0.1) is 0 Å². The molecule has 2 aromatic heterocycles. The summed E-state index contributed by atoms with van der Waals surface area (Å²) < 4.78 is 0. The van der Waals surface area contributed by atoms with Crippen molar-refractivity contribution in [3.8, 4) is 90.1 Å². The van der Waals surface area contributed by atoms with Gasteiger partial charge in [0.05, 0.1) is 22.8 Å². The summed E-state index contributed by atoms with van der Waals surface area (Å²) >= 11 is 0. The quantitative estimate of drug-likeness (QED) is 0.156. The molecule has 0 bridgehead atoms. The van der Waals surface area contributed by atoms with Gasteiger partial charge in [-0.3, -0.25) is 0 Å². The van der Waals surface area contributed by atoms with Crippen LogP contribution in [0.5, 0.6) is 0 Å². The number of nitrogens with zero attached hydrogens (tertiary/aromatic N) is 4. The lowest BCUT2D eigenvalue weighted by Crippen LogP contribution is -1.99. The molecule has 10 aromatic rings. The summed E-state index contributed by atoms with van der Waals surface area (Å²) in [7, 11) is 0. The molecule has 0 unspecified atom stereocenters. The second-order valence-electron chi connectivity index (χ2n) is 14.2. The number of hydrogen-bond acceptors (Lipinski definition) is 4. The summed E-state index contributed by atoms with van der Waals surface area (Å²) in [6.07, 6.45) is 0. The molecule has 10 rings (SSSR count). The van der Waals surface area contributed by atoms with E-state index in [4.69, 9.17) is 19.9 Å². The first-order valence-corrected chi connectivity index (χ1v) is 19.5. The zero-order valence-electron chi connectivity index (χ0n) is 31.6. The van der Waals surface area contributed by atoms with Gasteiger partial charge in [-0.1, -0.05) is 200 Å². The van der Waals surface area contributed by atoms with Gasteiger partial charge in [0.15, 0.2) is 11.6 Å². The highest BCUT2D eigenvalue weighted by Crippen LogP contribution is 2.42. The Kier molecular flexibility index (Phi) is 9.18. The fraction of sp³-hybridized carbons (Fsp3) is 0. The van der Waals surface area contributed by atoms with Crippen LogP contribution in [0.4, 0.5) is 0 Å². The van der Waals surface area contributed by atoms with Crippen molar-refractivity contribution in [1.29, 1.82) is 0 Å². The Morgan fingerprint density at radius 1 is 0.224 bits per heavy atom. The number of rotatable bonds is 8. The number of benzene rings is 8. The third-order valence-electron chi connectivity index (χ3n) is 10.5. The lowest BCUT2D eigenvalue weighted by molar-refractivity contribution is 1.18. The number of aromatic nitrogens is 4. The zero-order valence-corrected chi connectivity index (χ0v) is 31.6. The maximum absolute atomic E-state index is 5.25. The fourth-order valence-corrected chi connectivity index (χ4v) is 7.69. The molecular weight excluding hydrogens is 705 g/mol. The Morgan fingerprint density at radius 3 is 1.16 bits per heavy atom. The summed E-state index contributed by atoms with van der Waals surface area (Å²) in [6.45, 7) is 0. The van der Waals surface area contributed by atoms with Crippen LogP contribution >= 0.6 is 0 Å². The van der Waals surface area contributed by atoms with Gasteiger partial charge in [-0.05, 0) is 51.2 Å². The van der Waals surface area contributed by atoms with Gasteiger partial charge in [0.1, 0.15) is 0 Å². The van der Waals surface area contributed by atoms with Crippen molar-refractivity contribution in [2.24, 2.45) is 0 Å². The fourth-order valence-electron chi connectivity index (χ4n) is 7.69. The number of fused-ring (bicyclic) bond motifs is 1. The molecule has 0 atom stereocenters. The maximum Gasteiger partial charge on any atom is 0.161 e. The largest absolute Gasteiger partial charge is 0.228 e. The molecule has 4 nitrogen and oxygen atoms in total. The number of hydrogen-bond donors (Lipinski definition) is 0. The SMILES string of the molecule is c1ccc(-c2cc(-c3ccccc3)nc(-c3ccc(-c4ccccc4-c4nc(-c5ccccc5)cc(-c5ccccc5)n4)c(-c4cccc5ccccc45)c3)n2)cc1. The molecule has 0 aliphatic carbocycles. The van der Waals surface area contributed by atoms with Gasteiger partial charge in [0.2, 0.25) is 0 Å². The minimum atomic E-state index is 0.660. The van der Waals surface area contributed by atoms with E-state index in [9.17, 15) is 0 Å². The first-order valence-electron chi connectivity index (χ1n) is 19.5. The van der Waals surface area contributed by atoms with E-state index in [0.29, 0.717) is 11.6 Å². The average Bonchev–Trinajstić information content (AvgIpc) is 3.32. The van der Waals surface area contributed by atoms with E-state index in [-0.39, 0.29) is 0 Å². The van der Waals surface area contributed by atoms with Crippen molar-refractivity contribution in [2.75, 3.05) is 0 Å². The molecule has 0 spiro atoms. The summed E-state index contributed by atoms with van der Waals surface area (Å²) in [4.78, 5) is 20.9. The first kappa shape index (κ1) is 34.7. The van der Waals surface area contributed by atoms with Crippen LogP contribution in [0.25, 0.3) is 101 Å². The normalized spacial score (nSPS) is 11.1. The van der Waals surface area contributed by atoms with Crippen LogP contribution in [0.2, 0.25) is 0 Å². The molecule has 58 heavy (non-hydrogen) atoms. The summed E-state index contributed by atoms with van der Waals surface area (Å²) in [6, 6.07) is 75.6. The Balaban J connectivity index is 1.20. The minimum absolute atomic E-state index is 0.660. The Morgan fingerprint density at radius 2 is 0.621 bits per heavy atom. The van der Waals surface area contributed by atoms with Crippen LogP contribution < -0.4 is 0 Å². The van der Waals surface area contributed by atoms with Crippen molar-refractivity contribution in [2.45, 2.75) is 0 Å². The third kappa shape index (κ3) is 6.84. The molecule has 2 heterocycles. The molecule has 0 radical (unpaired) electrons. The van der Waals surface area contributed by atoms with Crippen molar-refractivity contribution in [3.05, 3.63) is 218 Å². The van der Waals surface area contributed by atoms with Gasteiger partial charge in [-0.2, -0.15) is 0 Å².